The second-order valence-corrected chi connectivity index (χ2v) is 4.31. The second kappa shape index (κ2) is 7.24. The van der Waals surface area contributed by atoms with Crippen LogP contribution in [0.3, 0.4) is 0 Å². The molecule has 1 atom stereocenters. The van der Waals surface area contributed by atoms with Gasteiger partial charge in [-0.05, 0) is 42.9 Å². The van der Waals surface area contributed by atoms with Crippen molar-refractivity contribution in [1.29, 1.82) is 0 Å². The van der Waals surface area contributed by atoms with Gasteiger partial charge in [0.2, 0.25) is 0 Å². The van der Waals surface area contributed by atoms with Crippen LogP contribution in [0, 0.1) is 0 Å². The lowest BCUT2D eigenvalue weighted by Gasteiger charge is -2.08. The molecular formula is C15H23N. The van der Waals surface area contributed by atoms with Crippen LogP contribution >= 0.6 is 0 Å². The highest BCUT2D eigenvalue weighted by atomic mass is 14.5. The summed E-state index contributed by atoms with van der Waals surface area (Å²) in [5.41, 5.74) is 8.16. The highest BCUT2D eigenvalue weighted by Crippen LogP contribution is 2.19. The average molecular weight is 217 g/mol. The third-order valence-corrected chi connectivity index (χ3v) is 3.00. The fourth-order valence-corrected chi connectivity index (χ4v) is 1.63. The van der Waals surface area contributed by atoms with E-state index in [0.29, 0.717) is 5.92 Å². The molecule has 0 aromatic heterocycles. The average Bonchev–Trinajstić information content (AvgIpc) is 2.34. The summed E-state index contributed by atoms with van der Waals surface area (Å²) >= 11 is 0. The van der Waals surface area contributed by atoms with Crippen molar-refractivity contribution in [3.8, 4) is 0 Å². The zero-order valence-electron chi connectivity index (χ0n) is 10.4. The molecule has 0 saturated heterocycles. The van der Waals surface area contributed by atoms with Crippen LogP contribution in [0.1, 0.15) is 50.2 Å². The Hall–Kier alpha value is -1.08. The van der Waals surface area contributed by atoms with Crippen molar-refractivity contribution in [3.05, 3.63) is 41.5 Å². The number of unbranched alkanes of at least 4 members (excludes halogenated alkanes) is 1. The lowest BCUT2D eigenvalue weighted by Crippen LogP contribution is -1.96. The molecule has 0 amide bonds. The summed E-state index contributed by atoms with van der Waals surface area (Å²) in [7, 11) is 0. The van der Waals surface area contributed by atoms with Gasteiger partial charge in [-0.3, -0.25) is 0 Å². The molecule has 16 heavy (non-hydrogen) atoms. The summed E-state index contributed by atoms with van der Waals surface area (Å²) in [5, 5.41) is 0. The van der Waals surface area contributed by atoms with Gasteiger partial charge in [-0.25, -0.2) is 0 Å². The maximum atomic E-state index is 5.44. The van der Waals surface area contributed by atoms with Crippen LogP contribution in [0.25, 0.3) is 6.08 Å². The van der Waals surface area contributed by atoms with E-state index in [-0.39, 0.29) is 0 Å². The van der Waals surface area contributed by atoms with E-state index in [4.69, 9.17) is 5.73 Å². The van der Waals surface area contributed by atoms with E-state index in [9.17, 15) is 0 Å². The number of hydrogen-bond donors (Lipinski definition) is 1. The molecule has 1 aromatic carbocycles. The Balaban J connectivity index is 2.54. The standard InChI is InChI=1S/C15H23N/c1-3-13(2)15-10-8-14(9-11-15)7-5-4-6-12-16/h5,7-11,13H,3-4,6,12,16H2,1-2H3/b7-5+. The van der Waals surface area contributed by atoms with E-state index >= 15 is 0 Å². The van der Waals surface area contributed by atoms with Gasteiger partial charge >= 0.3 is 0 Å². The topological polar surface area (TPSA) is 26.0 Å². The summed E-state index contributed by atoms with van der Waals surface area (Å²) in [6.07, 6.45) is 7.72. The van der Waals surface area contributed by atoms with Gasteiger partial charge in [-0.2, -0.15) is 0 Å². The van der Waals surface area contributed by atoms with Crippen molar-refractivity contribution < 1.29 is 0 Å². The van der Waals surface area contributed by atoms with E-state index in [0.717, 1.165) is 19.4 Å². The van der Waals surface area contributed by atoms with Crippen molar-refractivity contribution in [2.24, 2.45) is 5.73 Å². The van der Waals surface area contributed by atoms with Crippen LogP contribution in [0.4, 0.5) is 0 Å². The zero-order chi connectivity index (χ0) is 11.8. The molecule has 1 unspecified atom stereocenters. The van der Waals surface area contributed by atoms with E-state index in [1.54, 1.807) is 0 Å². The summed E-state index contributed by atoms with van der Waals surface area (Å²) in [6, 6.07) is 8.86. The lowest BCUT2D eigenvalue weighted by molar-refractivity contribution is 0.733. The molecule has 1 aromatic rings. The van der Waals surface area contributed by atoms with Crippen LogP contribution in [-0.2, 0) is 0 Å². The van der Waals surface area contributed by atoms with E-state index in [1.807, 2.05) is 0 Å². The van der Waals surface area contributed by atoms with Gasteiger partial charge in [0.1, 0.15) is 0 Å². The molecule has 0 spiro atoms. The van der Waals surface area contributed by atoms with E-state index in [2.05, 4.69) is 50.3 Å². The first kappa shape index (κ1) is 13.0. The first-order chi connectivity index (χ1) is 7.77. The van der Waals surface area contributed by atoms with Crippen molar-refractivity contribution in [3.63, 3.8) is 0 Å². The van der Waals surface area contributed by atoms with Crippen molar-refractivity contribution in [2.75, 3.05) is 6.54 Å². The Morgan fingerprint density at radius 2 is 1.94 bits per heavy atom. The van der Waals surface area contributed by atoms with Gasteiger partial charge in [0.15, 0.2) is 0 Å². The summed E-state index contributed by atoms with van der Waals surface area (Å²) in [4.78, 5) is 0. The van der Waals surface area contributed by atoms with Crippen LogP contribution < -0.4 is 5.73 Å². The largest absolute Gasteiger partial charge is 0.330 e. The Labute approximate surface area is 99.4 Å². The number of nitrogens with two attached hydrogens (primary N) is 1. The molecular weight excluding hydrogens is 194 g/mol. The smallest absolute Gasteiger partial charge is 0.00743 e. The molecule has 1 rings (SSSR count). The van der Waals surface area contributed by atoms with Gasteiger partial charge in [0.25, 0.3) is 0 Å². The number of hydrogen-bond acceptors (Lipinski definition) is 1. The quantitative estimate of drug-likeness (QED) is 0.717. The maximum absolute atomic E-state index is 5.44. The van der Waals surface area contributed by atoms with Gasteiger partial charge in [-0.1, -0.05) is 50.3 Å². The molecule has 88 valence electrons. The van der Waals surface area contributed by atoms with Crippen molar-refractivity contribution in [1.82, 2.24) is 0 Å². The normalized spacial score (nSPS) is 13.2. The number of allylic oxidation sites excluding steroid dienone is 1. The zero-order valence-corrected chi connectivity index (χ0v) is 10.4. The van der Waals surface area contributed by atoms with Gasteiger partial charge in [-0.15, -0.1) is 0 Å². The summed E-state index contributed by atoms with van der Waals surface area (Å²) in [6.45, 7) is 5.27. The first-order valence-electron chi connectivity index (χ1n) is 6.24. The maximum Gasteiger partial charge on any atom is -0.00743 e. The predicted octanol–water partition coefficient (Wildman–Crippen LogP) is 3.95. The molecule has 1 heteroatoms. The summed E-state index contributed by atoms with van der Waals surface area (Å²) in [5.74, 6) is 0.662. The molecule has 2 N–H and O–H groups in total. The van der Waals surface area contributed by atoms with Crippen LogP contribution in [0.5, 0.6) is 0 Å². The highest BCUT2D eigenvalue weighted by molar-refractivity contribution is 5.49. The lowest BCUT2D eigenvalue weighted by atomic mass is 9.97. The molecule has 0 bridgehead atoms. The third kappa shape index (κ3) is 4.19. The Morgan fingerprint density at radius 3 is 2.50 bits per heavy atom. The molecule has 0 aliphatic carbocycles. The SMILES string of the molecule is CCC(C)c1ccc(/C=C/CCCN)cc1. The van der Waals surface area contributed by atoms with E-state index < -0.39 is 0 Å². The molecule has 0 radical (unpaired) electrons. The van der Waals surface area contributed by atoms with E-state index in [1.165, 1.54) is 17.5 Å². The van der Waals surface area contributed by atoms with Crippen molar-refractivity contribution >= 4 is 6.08 Å². The van der Waals surface area contributed by atoms with Crippen molar-refractivity contribution in [2.45, 2.75) is 39.0 Å². The fraction of sp³-hybridized carbons (Fsp3) is 0.467. The molecule has 0 saturated carbocycles. The monoisotopic (exact) mass is 217 g/mol. The minimum atomic E-state index is 0.662. The minimum absolute atomic E-state index is 0.662. The second-order valence-electron chi connectivity index (χ2n) is 4.31. The molecule has 0 aliphatic rings. The first-order valence-corrected chi connectivity index (χ1v) is 6.24. The van der Waals surface area contributed by atoms with Gasteiger partial charge in [0.05, 0.1) is 0 Å². The minimum Gasteiger partial charge on any atom is -0.330 e. The predicted molar refractivity (Wildman–Crippen MR) is 72.5 cm³/mol. The number of rotatable bonds is 6. The van der Waals surface area contributed by atoms with Crippen LogP contribution in [0.2, 0.25) is 0 Å². The Bertz CT molecular complexity index is 311. The van der Waals surface area contributed by atoms with Crippen LogP contribution in [0.15, 0.2) is 30.3 Å². The van der Waals surface area contributed by atoms with Gasteiger partial charge < -0.3 is 5.73 Å². The molecule has 0 aliphatic heterocycles. The Kier molecular flexibility index (Phi) is 5.87. The highest BCUT2D eigenvalue weighted by Gasteiger charge is 2.00. The third-order valence-electron chi connectivity index (χ3n) is 3.00. The molecule has 0 heterocycles. The van der Waals surface area contributed by atoms with Crippen LogP contribution in [-0.4, -0.2) is 6.54 Å². The molecule has 1 nitrogen and oxygen atoms in total. The molecule has 0 fully saturated rings. The Morgan fingerprint density at radius 1 is 1.25 bits per heavy atom. The fourth-order valence-electron chi connectivity index (χ4n) is 1.63. The summed E-state index contributed by atoms with van der Waals surface area (Å²) < 4.78 is 0. The number of benzene rings is 1. The van der Waals surface area contributed by atoms with Gasteiger partial charge in [0, 0.05) is 0 Å².